The molecule has 0 aliphatic rings. The van der Waals surface area contributed by atoms with Gasteiger partial charge in [-0.05, 0) is 0 Å². The number of aliphatic carboxylic acids is 1. The summed E-state index contributed by atoms with van der Waals surface area (Å²) in [5, 5.41) is 7.60. The molecule has 0 fully saturated rings. The predicted octanol–water partition coefficient (Wildman–Crippen LogP) is -2.31. The van der Waals surface area contributed by atoms with E-state index in [0.29, 0.717) is 0 Å². The average Bonchev–Trinajstić information content (AvgIpc) is 1.61. The van der Waals surface area contributed by atoms with E-state index in [1.54, 1.807) is 0 Å². The van der Waals surface area contributed by atoms with Gasteiger partial charge in [0.25, 0.3) is 0 Å². The minimum absolute atomic E-state index is 0. The van der Waals surface area contributed by atoms with Gasteiger partial charge in [0.15, 0.2) is 0 Å². The van der Waals surface area contributed by atoms with Gasteiger partial charge in [0.05, 0.1) is 6.54 Å². The van der Waals surface area contributed by atoms with Crippen LogP contribution in [0.1, 0.15) is 0 Å². The third kappa shape index (κ3) is 181. The Morgan fingerprint density at radius 2 is 1.55 bits per heavy atom. The van der Waals surface area contributed by atoms with Crippen LogP contribution in [-0.4, -0.2) is 35.1 Å². The zero-order chi connectivity index (χ0) is 8.78. The van der Waals surface area contributed by atoms with Crippen molar-refractivity contribution < 1.29 is 44.5 Å². The molecule has 0 aromatic carbocycles. The van der Waals surface area contributed by atoms with Gasteiger partial charge in [-0.1, -0.05) is 0 Å². The van der Waals surface area contributed by atoms with E-state index in [4.69, 9.17) is 22.6 Å². The molecule has 0 rings (SSSR count). The molecule has 11 heavy (non-hydrogen) atoms. The molecule has 0 bridgehead atoms. The van der Waals surface area contributed by atoms with E-state index in [9.17, 15) is 4.79 Å². The van der Waals surface area contributed by atoms with Crippen molar-refractivity contribution in [2.45, 2.75) is 0 Å². The monoisotopic (exact) mass is 226 g/mol. The van der Waals surface area contributed by atoms with Crippen LogP contribution in [0.4, 0.5) is 0 Å². The normalized spacial score (nSPS) is 8.64. The summed E-state index contributed by atoms with van der Waals surface area (Å²) in [6, 6.07) is 0. The van der Waals surface area contributed by atoms with Crippen LogP contribution in [0.15, 0.2) is 0 Å². The molecule has 0 saturated carbocycles. The first-order valence-electron chi connectivity index (χ1n) is 1.86. The molecule has 0 aromatic rings. The van der Waals surface area contributed by atoms with E-state index >= 15 is 0 Å². The summed E-state index contributed by atoms with van der Waals surface area (Å²) < 4.78 is 34.1. The van der Waals surface area contributed by atoms with Crippen LogP contribution >= 0.6 is 0 Å². The van der Waals surface area contributed by atoms with Crippen LogP contribution in [0, 0.1) is 0 Å². The molecule has 3 N–H and O–H groups in total. The molecule has 0 saturated heterocycles. The first-order valence-corrected chi connectivity index (χ1v) is 3.19. The van der Waals surface area contributed by atoms with Crippen LogP contribution < -0.4 is 5.73 Å². The minimum Gasteiger partial charge on any atom is -0.759 e. The predicted molar refractivity (Wildman–Crippen MR) is 27.2 cm³/mol. The van der Waals surface area contributed by atoms with Crippen LogP contribution in [0.2, 0.25) is 0 Å². The van der Waals surface area contributed by atoms with Crippen molar-refractivity contribution in [1.82, 2.24) is 0 Å². The Morgan fingerprint density at radius 1 is 1.45 bits per heavy atom. The van der Waals surface area contributed by atoms with Gasteiger partial charge in [-0.2, -0.15) is 0 Å². The topological polar surface area (TPSA) is 144 Å². The summed E-state index contributed by atoms with van der Waals surface area (Å²) in [4.78, 5) is 9.24. The number of carbonyl (C=O) groups is 1. The standard InChI is InChI=1S/C2H5NO2.Mn.H2O4S/c3-1-2(4)5;;1-5(2,3)4/h1,3H2,(H,4,5);;(H2,1,2,3,4)/q;+2;/p-2. The number of nitrogens with two attached hydrogens (primary N) is 1. The molecule has 0 heterocycles. The molecule has 9 heteroatoms. The number of hydrogen-bond donors (Lipinski definition) is 2. The van der Waals surface area contributed by atoms with E-state index in [0.717, 1.165) is 0 Å². The fourth-order valence-electron chi connectivity index (χ4n) is 0. The van der Waals surface area contributed by atoms with E-state index in [1.165, 1.54) is 0 Å². The number of hydrogen-bond acceptors (Lipinski definition) is 6. The van der Waals surface area contributed by atoms with Gasteiger partial charge < -0.3 is 19.9 Å². The molecule has 1 radical (unpaired) electrons. The number of carboxylic acids is 1. The molecule has 0 aliphatic carbocycles. The Bertz CT molecular complexity index is 179. The summed E-state index contributed by atoms with van der Waals surface area (Å²) >= 11 is 0. The maximum absolute atomic E-state index is 9.24. The van der Waals surface area contributed by atoms with Gasteiger partial charge in [0, 0.05) is 10.4 Å². The van der Waals surface area contributed by atoms with E-state index in [-0.39, 0.29) is 23.6 Å². The Balaban J connectivity index is -0.000000107. The van der Waals surface area contributed by atoms with Crippen molar-refractivity contribution in [2.75, 3.05) is 6.54 Å². The van der Waals surface area contributed by atoms with Gasteiger partial charge in [-0.25, -0.2) is 0 Å². The molecule has 7 nitrogen and oxygen atoms in total. The maximum Gasteiger partial charge on any atom is 2.00 e. The average molecular weight is 226 g/mol. The summed E-state index contributed by atoms with van der Waals surface area (Å²) in [7, 11) is -5.17. The summed E-state index contributed by atoms with van der Waals surface area (Å²) in [6.07, 6.45) is 0. The van der Waals surface area contributed by atoms with Gasteiger partial charge in [-0.15, -0.1) is 0 Å². The number of rotatable bonds is 1. The Hall–Kier alpha value is -0.181. The molecule has 0 unspecified atom stereocenters. The Labute approximate surface area is 73.6 Å². The second kappa shape index (κ2) is 7.92. The third-order valence-electron chi connectivity index (χ3n) is 0.175. The van der Waals surface area contributed by atoms with Crippen molar-refractivity contribution in [3.63, 3.8) is 0 Å². The van der Waals surface area contributed by atoms with Crippen LogP contribution in [-0.2, 0) is 32.3 Å². The van der Waals surface area contributed by atoms with Gasteiger partial charge in [-0.3, -0.25) is 13.2 Å². The fourth-order valence-corrected chi connectivity index (χ4v) is 0. The van der Waals surface area contributed by atoms with Crippen molar-refractivity contribution >= 4 is 16.4 Å². The second-order valence-corrected chi connectivity index (χ2v) is 1.82. The summed E-state index contributed by atoms with van der Waals surface area (Å²) in [5.41, 5.74) is 4.57. The van der Waals surface area contributed by atoms with E-state index < -0.39 is 16.4 Å². The van der Waals surface area contributed by atoms with Gasteiger partial charge in [0.1, 0.15) is 0 Å². The fraction of sp³-hybridized carbons (Fsp3) is 0.500. The molecular weight excluding hydrogens is 221 g/mol. The third-order valence-corrected chi connectivity index (χ3v) is 0.175. The van der Waals surface area contributed by atoms with Crippen molar-refractivity contribution in [3.05, 3.63) is 0 Å². The van der Waals surface area contributed by atoms with E-state index in [2.05, 4.69) is 5.73 Å². The van der Waals surface area contributed by atoms with Crippen molar-refractivity contribution in [2.24, 2.45) is 5.73 Å². The van der Waals surface area contributed by atoms with Crippen LogP contribution in [0.3, 0.4) is 0 Å². The smallest absolute Gasteiger partial charge is 0.759 e. The largest absolute Gasteiger partial charge is 2.00 e. The first-order chi connectivity index (χ1) is 4.27. The van der Waals surface area contributed by atoms with Crippen molar-refractivity contribution in [3.8, 4) is 0 Å². The second-order valence-electron chi connectivity index (χ2n) is 1.01. The Morgan fingerprint density at radius 3 is 1.55 bits per heavy atom. The quantitative estimate of drug-likeness (QED) is 0.290. The first kappa shape index (κ1) is 17.1. The molecule has 0 amide bonds. The molecule has 0 aromatic heterocycles. The summed E-state index contributed by atoms with van der Waals surface area (Å²) in [6.45, 7) is -0.278. The molecule has 0 aliphatic heterocycles. The summed E-state index contributed by atoms with van der Waals surface area (Å²) in [5.74, 6) is -0.968. The SMILES string of the molecule is NCC(=O)O.O=S(=O)([O-])[O-].[Mn+2]. The minimum atomic E-state index is -5.17. The van der Waals surface area contributed by atoms with Gasteiger partial charge in [0.2, 0.25) is 0 Å². The maximum atomic E-state index is 9.24. The molecular formula is C2H5MnNO6S. The van der Waals surface area contributed by atoms with Crippen molar-refractivity contribution in [1.29, 1.82) is 0 Å². The molecule has 0 atom stereocenters. The van der Waals surface area contributed by atoms with Crippen LogP contribution in [0.5, 0.6) is 0 Å². The van der Waals surface area contributed by atoms with Crippen LogP contribution in [0.25, 0.3) is 0 Å². The zero-order valence-electron chi connectivity index (χ0n) is 5.06. The molecule has 0 spiro atoms. The van der Waals surface area contributed by atoms with Gasteiger partial charge >= 0.3 is 23.0 Å². The Kier molecular flexibility index (Phi) is 12.3. The van der Waals surface area contributed by atoms with E-state index in [1.807, 2.05) is 0 Å². The zero-order valence-corrected chi connectivity index (χ0v) is 7.06. The number of carboxylic acid groups (broad SMARTS) is 1. The molecule has 67 valence electrons.